The second kappa shape index (κ2) is 6.39. The molecule has 4 nitrogen and oxygen atoms in total. The van der Waals surface area contributed by atoms with Crippen LogP contribution in [0, 0.1) is 11.8 Å². The van der Waals surface area contributed by atoms with E-state index in [1.165, 1.54) is 19.3 Å². The molecule has 1 N–H and O–H groups in total. The monoisotopic (exact) mass is 284 g/mol. The number of hydrogen-bond acceptors (Lipinski definition) is 3. The van der Waals surface area contributed by atoms with Gasteiger partial charge in [-0.2, -0.15) is 15.0 Å². The molecule has 21 heavy (non-hydrogen) atoms. The average molecular weight is 284 g/mol. The van der Waals surface area contributed by atoms with Crippen molar-refractivity contribution in [3.05, 3.63) is 42.2 Å². The van der Waals surface area contributed by atoms with Crippen LogP contribution in [0.3, 0.4) is 0 Å². The smallest absolute Gasteiger partial charge is 0.0969 e. The average Bonchev–Trinajstić information content (AvgIpc) is 2.94. The quantitative estimate of drug-likeness (QED) is 0.937. The van der Waals surface area contributed by atoms with Crippen molar-refractivity contribution >= 4 is 0 Å². The largest absolute Gasteiger partial charge is 0.308 e. The highest BCUT2D eigenvalue weighted by atomic mass is 15.5. The minimum atomic E-state index is 0.616. The van der Waals surface area contributed by atoms with Crippen LogP contribution in [0.25, 0.3) is 5.69 Å². The van der Waals surface area contributed by atoms with Crippen LogP contribution in [0.4, 0.5) is 0 Å². The maximum atomic E-state index is 4.55. The van der Waals surface area contributed by atoms with Crippen LogP contribution in [0.2, 0.25) is 0 Å². The lowest BCUT2D eigenvalue weighted by Gasteiger charge is -2.31. The Morgan fingerprint density at radius 3 is 2.52 bits per heavy atom. The van der Waals surface area contributed by atoms with Gasteiger partial charge in [-0.25, -0.2) is 0 Å². The Morgan fingerprint density at radius 1 is 1.10 bits per heavy atom. The van der Waals surface area contributed by atoms with E-state index in [4.69, 9.17) is 0 Å². The number of nitrogens with one attached hydrogen (secondary N) is 1. The third kappa shape index (κ3) is 3.70. The van der Waals surface area contributed by atoms with Gasteiger partial charge in [0.2, 0.25) is 0 Å². The number of hydrogen-bond donors (Lipinski definition) is 1. The van der Waals surface area contributed by atoms with Crippen molar-refractivity contribution in [2.75, 3.05) is 0 Å². The highest BCUT2D eigenvalue weighted by Gasteiger charge is 2.23. The Labute approximate surface area is 126 Å². The van der Waals surface area contributed by atoms with Crippen molar-refractivity contribution < 1.29 is 0 Å². The SMILES string of the molecule is CC1CC(C)CC(NCc2cnn(-c3ccccc3)n2)C1. The zero-order valence-corrected chi connectivity index (χ0v) is 12.9. The maximum Gasteiger partial charge on any atom is 0.0969 e. The minimum absolute atomic E-state index is 0.616. The molecule has 0 radical (unpaired) electrons. The third-order valence-corrected chi connectivity index (χ3v) is 4.28. The van der Waals surface area contributed by atoms with E-state index >= 15 is 0 Å². The molecule has 1 saturated carbocycles. The van der Waals surface area contributed by atoms with Gasteiger partial charge in [0.15, 0.2) is 0 Å². The molecule has 1 fully saturated rings. The van der Waals surface area contributed by atoms with Crippen LogP contribution in [0.15, 0.2) is 36.5 Å². The van der Waals surface area contributed by atoms with Gasteiger partial charge < -0.3 is 5.32 Å². The lowest BCUT2D eigenvalue weighted by atomic mass is 9.80. The molecule has 1 aromatic carbocycles. The Balaban J connectivity index is 1.58. The molecule has 2 aromatic rings. The van der Waals surface area contributed by atoms with E-state index in [1.807, 2.05) is 36.5 Å². The molecule has 4 heteroatoms. The fraction of sp³-hybridized carbons (Fsp3) is 0.529. The summed E-state index contributed by atoms with van der Waals surface area (Å²) in [6.07, 6.45) is 5.77. The van der Waals surface area contributed by atoms with Crippen molar-refractivity contribution in [3.63, 3.8) is 0 Å². The number of nitrogens with zero attached hydrogens (tertiary/aromatic N) is 3. The summed E-state index contributed by atoms with van der Waals surface area (Å²) < 4.78 is 0. The Hall–Kier alpha value is -1.68. The third-order valence-electron chi connectivity index (χ3n) is 4.28. The number of aromatic nitrogens is 3. The second-order valence-electron chi connectivity index (χ2n) is 6.46. The summed E-state index contributed by atoms with van der Waals surface area (Å²) in [7, 11) is 0. The van der Waals surface area contributed by atoms with E-state index in [9.17, 15) is 0 Å². The summed E-state index contributed by atoms with van der Waals surface area (Å²) in [5.74, 6) is 1.65. The molecule has 2 unspecified atom stereocenters. The van der Waals surface area contributed by atoms with E-state index in [-0.39, 0.29) is 0 Å². The van der Waals surface area contributed by atoms with Crippen molar-refractivity contribution in [2.24, 2.45) is 11.8 Å². The Bertz CT molecular complexity index is 553. The summed E-state index contributed by atoms with van der Waals surface area (Å²) in [6, 6.07) is 10.7. The van der Waals surface area contributed by atoms with Gasteiger partial charge in [-0.15, -0.1) is 0 Å². The molecule has 112 valence electrons. The molecule has 1 aliphatic carbocycles. The van der Waals surface area contributed by atoms with Gasteiger partial charge in [-0.3, -0.25) is 0 Å². The van der Waals surface area contributed by atoms with Crippen molar-refractivity contribution in [1.29, 1.82) is 0 Å². The molecular formula is C17H24N4. The van der Waals surface area contributed by atoms with Gasteiger partial charge >= 0.3 is 0 Å². The first-order valence-electron chi connectivity index (χ1n) is 7.90. The molecule has 1 aliphatic rings. The summed E-state index contributed by atoms with van der Waals surface area (Å²) >= 11 is 0. The summed E-state index contributed by atoms with van der Waals surface area (Å²) in [6.45, 7) is 5.52. The topological polar surface area (TPSA) is 42.7 Å². The van der Waals surface area contributed by atoms with Gasteiger partial charge in [0.05, 0.1) is 17.6 Å². The van der Waals surface area contributed by atoms with Crippen molar-refractivity contribution in [1.82, 2.24) is 20.3 Å². The van der Waals surface area contributed by atoms with E-state index in [1.54, 1.807) is 4.80 Å². The zero-order chi connectivity index (χ0) is 14.7. The van der Waals surface area contributed by atoms with Gasteiger partial charge in [0.1, 0.15) is 0 Å². The van der Waals surface area contributed by atoms with Crippen molar-refractivity contribution in [3.8, 4) is 5.69 Å². The summed E-state index contributed by atoms with van der Waals surface area (Å²) in [5, 5.41) is 12.5. The normalized spacial score (nSPS) is 25.9. The highest BCUT2D eigenvalue weighted by Crippen LogP contribution is 2.28. The molecule has 0 saturated heterocycles. The van der Waals surface area contributed by atoms with Crippen LogP contribution in [0.5, 0.6) is 0 Å². The van der Waals surface area contributed by atoms with E-state index < -0.39 is 0 Å². The maximum absolute atomic E-state index is 4.55. The van der Waals surface area contributed by atoms with Crippen LogP contribution >= 0.6 is 0 Å². The molecular weight excluding hydrogens is 260 g/mol. The molecule has 1 heterocycles. The minimum Gasteiger partial charge on any atom is -0.308 e. The van der Waals surface area contributed by atoms with E-state index in [0.717, 1.165) is 29.8 Å². The Kier molecular flexibility index (Phi) is 4.34. The second-order valence-corrected chi connectivity index (χ2v) is 6.46. The number of rotatable bonds is 4. The lowest BCUT2D eigenvalue weighted by Crippen LogP contribution is -2.36. The highest BCUT2D eigenvalue weighted by molar-refractivity contribution is 5.28. The fourth-order valence-electron chi connectivity index (χ4n) is 3.42. The molecule has 3 rings (SSSR count). The van der Waals surface area contributed by atoms with Gasteiger partial charge in [-0.05, 0) is 43.2 Å². The molecule has 0 bridgehead atoms. The first-order chi connectivity index (χ1) is 10.2. The summed E-state index contributed by atoms with van der Waals surface area (Å²) in [4.78, 5) is 1.70. The fourth-order valence-corrected chi connectivity index (χ4v) is 3.42. The van der Waals surface area contributed by atoms with Gasteiger partial charge in [0, 0.05) is 12.6 Å². The van der Waals surface area contributed by atoms with Gasteiger partial charge in [-0.1, -0.05) is 32.0 Å². The first-order valence-corrected chi connectivity index (χ1v) is 7.90. The Morgan fingerprint density at radius 2 is 1.81 bits per heavy atom. The predicted octanol–water partition coefficient (Wildman–Crippen LogP) is 3.18. The predicted molar refractivity (Wildman–Crippen MR) is 84.2 cm³/mol. The molecule has 0 aliphatic heterocycles. The van der Waals surface area contributed by atoms with Crippen LogP contribution in [0.1, 0.15) is 38.8 Å². The van der Waals surface area contributed by atoms with E-state index in [0.29, 0.717) is 6.04 Å². The van der Waals surface area contributed by atoms with Crippen LogP contribution in [-0.4, -0.2) is 21.0 Å². The first kappa shape index (κ1) is 14.3. The lowest BCUT2D eigenvalue weighted by molar-refractivity contribution is 0.237. The molecule has 0 spiro atoms. The number of para-hydroxylation sites is 1. The van der Waals surface area contributed by atoms with Crippen LogP contribution < -0.4 is 5.32 Å². The van der Waals surface area contributed by atoms with Crippen LogP contribution in [-0.2, 0) is 6.54 Å². The van der Waals surface area contributed by atoms with E-state index in [2.05, 4.69) is 29.4 Å². The molecule has 0 amide bonds. The van der Waals surface area contributed by atoms with Gasteiger partial charge in [0.25, 0.3) is 0 Å². The zero-order valence-electron chi connectivity index (χ0n) is 12.9. The number of benzene rings is 1. The molecule has 1 aromatic heterocycles. The molecule has 2 atom stereocenters. The van der Waals surface area contributed by atoms with Crippen molar-refractivity contribution in [2.45, 2.75) is 45.7 Å². The standard InChI is InChI=1S/C17H24N4/c1-13-8-14(2)10-15(9-13)18-11-16-12-19-21(20-16)17-6-4-3-5-7-17/h3-7,12-15,18H,8-11H2,1-2H3. The summed E-state index contributed by atoms with van der Waals surface area (Å²) in [5.41, 5.74) is 2.01.